The fourth-order valence-corrected chi connectivity index (χ4v) is 1.62. The number of rotatable bonds is 4. The van der Waals surface area contributed by atoms with E-state index < -0.39 is 17.1 Å². The summed E-state index contributed by atoms with van der Waals surface area (Å²) in [6.07, 6.45) is -0.986. The van der Waals surface area contributed by atoms with Crippen molar-refractivity contribution in [2.75, 3.05) is 13.2 Å². The van der Waals surface area contributed by atoms with E-state index in [0.717, 1.165) is 0 Å². The van der Waals surface area contributed by atoms with Gasteiger partial charge in [-0.25, -0.2) is 4.79 Å². The number of hydrogen-bond acceptors (Lipinski definition) is 5. The first-order valence-electron chi connectivity index (χ1n) is 5.07. The van der Waals surface area contributed by atoms with Gasteiger partial charge in [0.1, 0.15) is 6.61 Å². The first-order valence-corrected chi connectivity index (χ1v) is 5.45. The zero-order chi connectivity index (χ0) is 13.1. The molecule has 1 N–H and O–H groups in total. The second kappa shape index (κ2) is 5.09. The molecule has 1 aliphatic rings. The number of nitrogens with one attached hydrogen (secondary N) is 1. The molecule has 1 aromatic rings. The maximum Gasteiger partial charge on any atom is 0.407 e. The summed E-state index contributed by atoms with van der Waals surface area (Å²) in [4.78, 5) is 21.0. The predicted molar refractivity (Wildman–Crippen MR) is 61.9 cm³/mol. The number of amides is 1. The molecule has 1 aromatic carbocycles. The van der Waals surface area contributed by atoms with Crippen LogP contribution < -0.4 is 10.1 Å². The number of alkyl carbamates (subject to hydrolysis) is 1. The Kier molecular flexibility index (Phi) is 3.52. The zero-order valence-corrected chi connectivity index (χ0v) is 9.85. The van der Waals surface area contributed by atoms with E-state index >= 15 is 0 Å². The van der Waals surface area contributed by atoms with Gasteiger partial charge in [-0.2, -0.15) is 0 Å². The number of nitro benzene ring substituents is 1. The number of halogens is 1. The summed E-state index contributed by atoms with van der Waals surface area (Å²) in [6.45, 7) is 0.340. The summed E-state index contributed by atoms with van der Waals surface area (Å²) in [6, 6.07) is 4.02. The molecule has 8 heteroatoms. The highest BCUT2D eigenvalue weighted by Gasteiger charge is 2.24. The van der Waals surface area contributed by atoms with Crippen LogP contribution in [0.15, 0.2) is 18.2 Å². The smallest absolute Gasteiger partial charge is 0.407 e. The largest absolute Gasteiger partial charge is 0.483 e. The molecule has 1 aliphatic heterocycles. The van der Waals surface area contributed by atoms with Crippen LogP contribution in [0.3, 0.4) is 0 Å². The molecule has 0 radical (unpaired) electrons. The topological polar surface area (TPSA) is 90.7 Å². The molecular weight excluding hydrogens is 264 g/mol. The summed E-state index contributed by atoms with van der Waals surface area (Å²) in [5, 5.41) is 13.6. The van der Waals surface area contributed by atoms with Crippen LogP contribution in [0, 0.1) is 10.1 Å². The van der Waals surface area contributed by atoms with Gasteiger partial charge in [0.05, 0.1) is 11.5 Å². The third-order valence-corrected chi connectivity index (χ3v) is 2.53. The minimum Gasteiger partial charge on any atom is -0.483 e. The van der Waals surface area contributed by atoms with Gasteiger partial charge in [0.15, 0.2) is 11.9 Å². The average molecular weight is 273 g/mol. The van der Waals surface area contributed by atoms with E-state index in [1.165, 1.54) is 18.2 Å². The third kappa shape index (κ3) is 2.80. The van der Waals surface area contributed by atoms with E-state index in [-0.39, 0.29) is 18.0 Å². The highest BCUT2D eigenvalue weighted by Crippen LogP contribution is 2.30. The molecular formula is C10H9ClN2O5. The number of hydrogen-bond donors (Lipinski definition) is 1. The molecule has 1 unspecified atom stereocenters. The van der Waals surface area contributed by atoms with Crippen LogP contribution in [0.25, 0.3) is 0 Å². The van der Waals surface area contributed by atoms with Crippen LogP contribution in [0.4, 0.5) is 10.5 Å². The van der Waals surface area contributed by atoms with Gasteiger partial charge >= 0.3 is 11.8 Å². The van der Waals surface area contributed by atoms with Gasteiger partial charge in [0.25, 0.3) is 0 Å². The van der Waals surface area contributed by atoms with Crippen molar-refractivity contribution < 1.29 is 19.2 Å². The Bertz CT molecular complexity index is 493. The van der Waals surface area contributed by atoms with Crippen LogP contribution >= 0.6 is 11.6 Å². The maximum atomic E-state index is 10.8. The number of nitro groups is 1. The molecule has 2 rings (SSSR count). The molecule has 0 aliphatic carbocycles. The van der Waals surface area contributed by atoms with Crippen molar-refractivity contribution in [3.63, 3.8) is 0 Å². The van der Waals surface area contributed by atoms with Crippen LogP contribution in [-0.2, 0) is 4.74 Å². The van der Waals surface area contributed by atoms with E-state index in [9.17, 15) is 14.9 Å². The highest BCUT2D eigenvalue weighted by molar-refractivity contribution is 6.30. The molecule has 1 heterocycles. The Hall–Kier alpha value is -2.02. The molecule has 0 bridgehead atoms. The van der Waals surface area contributed by atoms with E-state index in [1.807, 2.05) is 0 Å². The Labute approximate surface area is 107 Å². The number of cyclic esters (lactones) is 1. The summed E-state index contributed by atoms with van der Waals surface area (Å²) in [5.74, 6) is 0.0513. The van der Waals surface area contributed by atoms with Crippen molar-refractivity contribution in [2.24, 2.45) is 0 Å². The van der Waals surface area contributed by atoms with Gasteiger partial charge in [-0.15, -0.1) is 0 Å². The molecule has 18 heavy (non-hydrogen) atoms. The Morgan fingerprint density at radius 2 is 2.39 bits per heavy atom. The lowest BCUT2D eigenvalue weighted by Gasteiger charge is -2.10. The molecule has 1 atom stereocenters. The van der Waals surface area contributed by atoms with Gasteiger partial charge in [-0.05, 0) is 6.07 Å². The summed E-state index contributed by atoms with van der Waals surface area (Å²) in [5.41, 5.74) is -0.184. The number of nitrogens with zero attached hydrogens (tertiary/aromatic N) is 1. The van der Waals surface area contributed by atoms with Crippen molar-refractivity contribution >= 4 is 23.4 Å². The molecule has 0 saturated carbocycles. The summed E-state index contributed by atoms with van der Waals surface area (Å²) in [7, 11) is 0. The van der Waals surface area contributed by atoms with Gasteiger partial charge in [0, 0.05) is 17.2 Å². The highest BCUT2D eigenvalue weighted by atomic mass is 35.5. The predicted octanol–water partition coefficient (Wildman–Crippen LogP) is 1.74. The average Bonchev–Trinajstić information content (AvgIpc) is 2.72. The SMILES string of the molecule is O=C1NCC(COc2cc(Cl)ccc2[N+](=O)[O-])O1. The van der Waals surface area contributed by atoms with Crippen molar-refractivity contribution in [3.05, 3.63) is 33.3 Å². The van der Waals surface area contributed by atoms with Crippen LogP contribution in [-0.4, -0.2) is 30.3 Å². The molecule has 1 saturated heterocycles. The minimum absolute atomic E-state index is 0.0277. The molecule has 0 spiro atoms. The lowest BCUT2D eigenvalue weighted by atomic mass is 10.3. The van der Waals surface area contributed by atoms with Crippen molar-refractivity contribution in [1.82, 2.24) is 5.32 Å². The van der Waals surface area contributed by atoms with E-state index in [1.54, 1.807) is 0 Å². The second-order valence-corrected chi connectivity index (χ2v) is 4.02. The standard InChI is InChI=1S/C10H9ClN2O5/c11-6-1-2-8(13(15)16)9(3-6)17-5-7-4-12-10(14)18-7/h1-3,7H,4-5H2,(H,12,14). The third-order valence-electron chi connectivity index (χ3n) is 2.29. The first kappa shape index (κ1) is 12.4. The van der Waals surface area contributed by atoms with E-state index in [0.29, 0.717) is 11.6 Å². The molecule has 1 fully saturated rings. The number of carbonyl (C=O) groups is 1. The Balaban J connectivity index is 2.06. The van der Waals surface area contributed by atoms with E-state index in [2.05, 4.69) is 5.32 Å². The second-order valence-electron chi connectivity index (χ2n) is 3.59. The van der Waals surface area contributed by atoms with Gasteiger partial charge < -0.3 is 14.8 Å². The normalized spacial score (nSPS) is 18.1. The molecule has 1 amide bonds. The fraction of sp³-hybridized carbons (Fsp3) is 0.300. The number of carbonyl (C=O) groups excluding carboxylic acids is 1. The van der Waals surface area contributed by atoms with Crippen LogP contribution in [0.2, 0.25) is 5.02 Å². The number of benzene rings is 1. The summed E-state index contributed by atoms with van der Waals surface area (Å²) < 4.78 is 10.1. The van der Waals surface area contributed by atoms with Crippen molar-refractivity contribution in [2.45, 2.75) is 6.10 Å². The molecule has 96 valence electrons. The van der Waals surface area contributed by atoms with Gasteiger partial charge in [0.2, 0.25) is 0 Å². The Morgan fingerprint density at radius 1 is 1.61 bits per heavy atom. The molecule has 0 aromatic heterocycles. The minimum atomic E-state index is -0.565. The lowest BCUT2D eigenvalue weighted by Crippen LogP contribution is -2.22. The maximum absolute atomic E-state index is 10.8. The number of ether oxygens (including phenoxy) is 2. The van der Waals surface area contributed by atoms with Crippen LogP contribution in [0.1, 0.15) is 0 Å². The quantitative estimate of drug-likeness (QED) is 0.666. The first-order chi connectivity index (χ1) is 8.56. The lowest BCUT2D eigenvalue weighted by molar-refractivity contribution is -0.385. The summed E-state index contributed by atoms with van der Waals surface area (Å²) >= 11 is 5.74. The van der Waals surface area contributed by atoms with Crippen molar-refractivity contribution in [1.29, 1.82) is 0 Å². The monoisotopic (exact) mass is 272 g/mol. The van der Waals surface area contributed by atoms with Gasteiger partial charge in [-0.3, -0.25) is 10.1 Å². The Morgan fingerprint density at radius 3 is 3.00 bits per heavy atom. The van der Waals surface area contributed by atoms with Crippen molar-refractivity contribution in [3.8, 4) is 5.75 Å². The van der Waals surface area contributed by atoms with E-state index in [4.69, 9.17) is 21.1 Å². The van der Waals surface area contributed by atoms with Crippen LogP contribution in [0.5, 0.6) is 5.75 Å². The fourth-order valence-electron chi connectivity index (χ4n) is 1.46. The molecule has 7 nitrogen and oxygen atoms in total. The van der Waals surface area contributed by atoms with Gasteiger partial charge in [-0.1, -0.05) is 11.6 Å². The zero-order valence-electron chi connectivity index (χ0n) is 9.09.